The molecule has 1 aliphatic carbocycles. The van der Waals surface area contributed by atoms with Crippen molar-refractivity contribution in [2.75, 3.05) is 5.32 Å². The maximum atomic E-state index is 12.0. The molecule has 2 rings (SSSR count). The number of nitro groups is 1. The molecule has 2 atom stereocenters. The Bertz CT molecular complexity index is 521. The van der Waals surface area contributed by atoms with Crippen molar-refractivity contribution >= 4 is 28.9 Å². The summed E-state index contributed by atoms with van der Waals surface area (Å²) in [6.45, 7) is 0. The van der Waals surface area contributed by atoms with Crippen LogP contribution in [0, 0.1) is 16.0 Å². The van der Waals surface area contributed by atoms with Crippen LogP contribution in [0.3, 0.4) is 0 Å². The molecule has 0 saturated heterocycles. The molecule has 1 aromatic carbocycles. The summed E-state index contributed by atoms with van der Waals surface area (Å²) in [5.41, 5.74) is 5.71. The van der Waals surface area contributed by atoms with Gasteiger partial charge in [0.05, 0.1) is 4.92 Å². The number of hydrogen-bond acceptors (Lipinski definition) is 4. The second-order valence-corrected chi connectivity index (χ2v) is 5.11. The van der Waals surface area contributed by atoms with Crippen LogP contribution in [-0.4, -0.2) is 16.9 Å². The van der Waals surface area contributed by atoms with Crippen molar-refractivity contribution in [2.24, 2.45) is 11.7 Å². The summed E-state index contributed by atoms with van der Waals surface area (Å²) in [5, 5.41) is 13.7. The fraction of sp³-hybridized carbons (Fsp3) is 0.417. The number of carbonyl (C=O) groups excluding carboxylic acids is 1. The second kappa shape index (κ2) is 5.54. The van der Waals surface area contributed by atoms with E-state index in [9.17, 15) is 14.9 Å². The lowest BCUT2D eigenvalue weighted by molar-refractivity contribution is -0.383. The number of rotatable bonds is 3. The Morgan fingerprint density at radius 3 is 2.79 bits per heavy atom. The number of anilines is 1. The highest BCUT2D eigenvalue weighted by atomic mass is 35.5. The molecule has 102 valence electrons. The van der Waals surface area contributed by atoms with Gasteiger partial charge in [0.2, 0.25) is 5.91 Å². The predicted octanol–water partition coefficient (Wildman–Crippen LogP) is 2.31. The molecule has 1 amide bonds. The minimum absolute atomic E-state index is 0.0379. The molecule has 0 aromatic heterocycles. The molecule has 3 N–H and O–H groups in total. The number of nitrogens with two attached hydrogens (primary N) is 1. The summed E-state index contributed by atoms with van der Waals surface area (Å²) in [5.74, 6) is -0.399. The standard InChI is InChI=1S/C12H14ClN3O3/c13-8-2-4-10(11(6-8)16(18)19)15-12(17)7-1-3-9(14)5-7/h2,4,6-7,9H,1,3,5,14H2,(H,15,17). The third-order valence-electron chi connectivity index (χ3n) is 3.26. The lowest BCUT2D eigenvalue weighted by Gasteiger charge is -2.11. The molecular formula is C12H14ClN3O3. The van der Waals surface area contributed by atoms with Gasteiger partial charge in [0.25, 0.3) is 5.69 Å². The number of nitrogens with zero attached hydrogens (tertiary/aromatic N) is 1. The number of carbonyl (C=O) groups is 1. The Morgan fingerprint density at radius 2 is 2.21 bits per heavy atom. The molecule has 19 heavy (non-hydrogen) atoms. The molecule has 1 aromatic rings. The molecule has 1 fully saturated rings. The Hall–Kier alpha value is -1.66. The molecule has 2 unspecified atom stereocenters. The number of nitro benzene ring substituents is 1. The Balaban J connectivity index is 2.14. The highest BCUT2D eigenvalue weighted by Crippen LogP contribution is 2.30. The summed E-state index contributed by atoms with van der Waals surface area (Å²) < 4.78 is 0. The SMILES string of the molecule is NC1CCC(C(=O)Nc2ccc(Cl)cc2[N+](=O)[O-])C1. The monoisotopic (exact) mass is 283 g/mol. The zero-order chi connectivity index (χ0) is 14.0. The number of benzene rings is 1. The van der Waals surface area contributed by atoms with Crippen LogP contribution in [0.25, 0.3) is 0 Å². The summed E-state index contributed by atoms with van der Waals surface area (Å²) in [4.78, 5) is 22.3. The van der Waals surface area contributed by atoms with Crippen LogP contribution in [0.5, 0.6) is 0 Å². The maximum absolute atomic E-state index is 12.0. The topological polar surface area (TPSA) is 98.3 Å². The van der Waals surface area contributed by atoms with E-state index in [0.29, 0.717) is 12.8 Å². The fourth-order valence-electron chi connectivity index (χ4n) is 2.25. The molecule has 1 saturated carbocycles. The van der Waals surface area contributed by atoms with E-state index in [4.69, 9.17) is 17.3 Å². The third kappa shape index (κ3) is 3.21. The van der Waals surface area contributed by atoms with Gasteiger partial charge >= 0.3 is 0 Å². The lowest BCUT2D eigenvalue weighted by Crippen LogP contribution is -2.23. The van der Waals surface area contributed by atoms with Crippen molar-refractivity contribution in [3.05, 3.63) is 33.3 Å². The number of hydrogen-bond donors (Lipinski definition) is 2. The van der Waals surface area contributed by atoms with Crippen LogP contribution in [-0.2, 0) is 4.79 Å². The molecule has 6 nitrogen and oxygen atoms in total. The van der Waals surface area contributed by atoms with E-state index < -0.39 is 4.92 Å². The first-order valence-corrected chi connectivity index (χ1v) is 6.35. The van der Waals surface area contributed by atoms with E-state index >= 15 is 0 Å². The molecule has 7 heteroatoms. The highest BCUT2D eigenvalue weighted by molar-refractivity contribution is 6.31. The lowest BCUT2D eigenvalue weighted by atomic mass is 10.1. The minimum atomic E-state index is -0.568. The largest absolute Gasteiger partial charge is 0.328 e. The van der Waals surface area contributed by atoms with Gasteiger partial charge in [-0.3, -0.25) is 14.9 Å². The Morgan fingerprint density at radius 1 is 1.47 bits per heavy atom. The van der Waals surface area contributed by atoms with E-state index in [2.05, 4.69) is 5.32 Å². The zero-order valence-electron chi connectivity index (χ0n) is 10.1. The van der Waals surface area contributed by atoms with Crippen molar-refractivity contribution in [2.45, 2.75) is 25.3 Å². The minimum Gasteiger partial charge on any atom is -0.328 e. The van der Waals surface area contributed by atoms with E-state index in [1.54, 1.807) is 0 Å². The zero-order valence-corrected chi connectivity index (χ0v) is 10.9. The quantitative estimate of drug-likeness (QED) is 0.657. The summed E-state index contributed by atoms with van der Waals surface area (Å²) in [7, 11) is 0. The summed E-state index contributed by atoms with van der Waals surface area (Å²) in [6.07, 6.45) is 2.14. The summed E-state index contributed by atoms with van der Waals surface area (Å²) >= 11 is 5.71. The van der Waals surface area contributed by atoms with E-state index in [0.717, 1.165) is 6.42 Å². The normalized spacial score (nSPS) is 22.2. The van der Waals surface area contributed by atoms with Gasteiger partial charge in [0.1, 0.15) is 5.69 Å². The van der Waals surface area contributed by atoms with E-state index in [-0.39, 0.29) is 34.3 Å². The van der Waals surface area contributed by atoms with Gasteiger partial charge in [-0.15, -0.1) is 0 Å². The fourth-order valence-corrected chi connectivity index (χ4v) is 2.42. The van der Waals surface area contributed by atoms with Gasteiger partial charge in [-0.2, -0.15) is 0 Å². The van der Waals surface area contributed by atoms with Gasteiger partial charge < -0.3 is 11.1 Å². The van der Waals surface area contributed by atoms with Crippen molar-refractivity contribution in [1.82, 2.24) is 0 Å². The first-order valence-electron chi connectivity index (χ1n) is 5.97. The highest BCUT2D eigenvalue weighted by Gasteiger charge is 2.29. The van der Waals surface area contributed by atoms with Crippen molar-refractivity contribution in [3.8, 4) is 0 Å². The number of amides is 1. The summed E-state index contributed by atoms with van der Waals surface area (Å²) in [6, 6.07) is 4.20. The van der Waals surface area contributed by atoms with Crippen molar-refractivity contribution in [3.63, 3.8) is 0 Å². The van der Waals surface area contributed by atoms with E-state index in [1.807, 2.05) is 0 Å². The molecule has 1 aliphatic rings. The van der Waals surface area contributed by atoms with Crippen LogP contribution in [0.2, 0.25) is 5.02 Å². The number of halogens is 1. The number of nitrogens with one attached hydrogen (secondary N) is 1. The van der Waals surface area contributed by atoms with Crippen LogP contribution in [0.4, 0.5) is 11.4 Å². The average molecular weight is 284 g/mol. The van der Waals surface area contributed by atoms with Gasteiger partial charge in [0.15, 0.2) is 0 Å². The molecule has 0 radical (unpaired) electrons. The van der Waals surface area contributed by atoms with Gasteiger partial charge in [0, 0.05) is 23.0 Å². The van der Waals surface area contributed by atoms with Crippen LogP contribution in [0.15, 0.2) is 18.2 Å². The van der Waals surface area contributed by atoms with Gasteiger partial charge in [-0.1, -0.05) is 11.6 Å². The second-order valence-electron chi connectivity index (χ2n) is 4.68. The van der Waals surface area contributed by atoms with Crippen molar-refractivity contribution < 1.29 is 9.72 Å². The van der Waals surface area contributed by atoms with Gasteiger partial charge in [-0.05, 0) is 31.4 Å². The van der Waals surface area contributed by atoms with E-state index in [1.165, 1.54) is 18.2 Å². The molecule has 0 aliphatic heterocycles. The predicted molar refractivity (Wildman–Crippen MR) is 72.1 cm³/mol. The van der Waals surface area contributed by atoms with Crippen LogP contribution in [0.1, 0.15) is 19.3 Å². The maximum Gasteiger partial charge on any atom is 0.294 e. The smallest absolute Gasteiger partial charge is 0.294 e. The first kappa shape index (κ1) is 13.8. The van der Waals surface area contributed by atoms with Crippen molar-refractivity contribution in [1.29, 1.82) is 0 Å². The van der Waals surface area contributed by atoms with Crippen LogP contribution < -0.4 is 11.1 Å². The third-order valence-corrected chi connectivity index (χ3v) is 3.49. The Kier molecular flexibility index (Phi) is 4.01. The van der Waals surface area contributed by atoms with Gasteiger partial charge in [-0.25, -0.2) is 0 Å². The molecule has 0 spiro atoms. The average Bonchev–Trinajstić information content (AvgIpc) is 2.78. The van der Waals surface area contributed by atoms with Crippen LogP contribution >= 0.6 is 11.6 Å². The molecular weight excluding hydrogens is 270 g/mol. The Labute approximate surface area is 115 Å². The molecule has 0 bridgehead atoms. The molecule has 0 heterocycles. The first-order chi connectivity index (χ1) is 8.97.